The van der Waals surface area contributed by atoms with Crippen LogP contribution < -0.4 is 9.47 Å². The third kappa shape index (κ3) is 2.01. The first-order valence-electron chi connectivity index (χ1n) is 6.34. The number of hydrogen-bond acceptors (Lipinski definition) is 3. The summed E-state index contributed by atoms with van der Waals surface area (Å²) in [6, 6.07) is 5.99. The van der Waals surface area contributed by atoms with E-state index in [-0.39, 0.29) is 11.7 Å². The second-order valence-corrected chi connectivity index (χ2v) is 4.89. The highest BCUT2D eigenvalue weighted by molar-refractivity contribution is 5.97. The molecule has 0 aromatic heterocycles. The van der Waals surface area contributed by atoms with Gasteiger partial charge in [0.2, 0.25) is 0 Å². The minimum atomic E-state index is 0.187. The third-order valence-electron chi connectivity index (χ3n) is 3.56. The van der Waals surface area contributed by atoms with E-state index in [9.17, 15) is 4.79 Å². The van der Waals surface area contributed by atoms with Crippen LogP contribution in [0.15, 0.2) is 30.4 Å². The van der Waals surface area contributed by atoms with Gasteiger partial charge in [0.25, 0.3) is 0 Å². The molecule has 3 heteroatoms. The molecule has 0 saturated heterocycles. The van der Waals surface area contributed by atoms with Gasteiger partial charge in [0, 0.05) is 12.8 Å². The van der Waals surface area contributed by atoms with Crippen LogP contribution in [0.2, 0.25) is 0 Å². The number of rotatable bonds is 1. The Balaban J connectivity index is 1.88. The lowest BCUT2D eigenvalue weighted by Crippen LogP contribution is -1.98. The molecule has 1 heterocycles. The number of Topliss-reactive ketones (excluding diaryl/α,β-unsaturated/α-hetero) is 1. The molecule has 1 saturated carbocycles. The van der Waals surface area contributed by atoms with Crippen LogP contribution in [-0.2, 0) is 4.79 Å². The summed E-state index contributed by atoms with van der Waals surface area (Å²) >= 11 is 0. The zero-order chi connectivity index (χ0) is 12.5. The van der Waals surface area contributed by atoms with Gasteiger partial charge in [-0.2, -0.15) is 0 Å². The van der Waals surface area contributed by atoms with Gasteiger partial charge in [-0.05, 0) is 35.6 Å². The van der Waals surface area contributed by atoms with E-state index in [0.717, 1.165) is 35.5 Å². The van der Waals surface area contributed by atoms with Crippen molar-refractivity contribution in [2.45, 2.75) is 25.2 Å². The van der Waals surface area contributed by atoms with Gasteiger partial charge in [0.15, 0.2) is 17.3 Å². The molecule has 1 unspecified atom stereocenters. The van der Waals surface area contributed by atoms with Crippen molar-refractivity contribution in [1.29, 1.82) is 0 Å². The Morgan fingerprint density at radius 2 is 1.89 bits per heavy atom. The molecule has 1 aromatic rings. The summed E-state index contributed by atoms with van der Waals surface area (Å²) in [7, 11) is 0. The van der Waals surface area contributed by atoms with Crippen LogP contribution in [-0.4, -0.2) is 19.0 Å². The topological polar surface area (TPSA) is 35.5 Å². The first-order chi connectivity index (χ1) is 8.74. The number of ketones is 1. The van der Waals surface area contributed by atoms with Crippen LogP contribution in [0.1, 0.15) is 30.7 Å². The van der Waals surface area contributed by atoms with Crippen LogP contribution in [0.4, 0.5) is 0 Å². The van der Waals surface area contributed by atoms with Crippen molar-refractivity contribution in [2.75, 3.05) is 13.2 Å². The molecule has 1 fully saturated rings. The lowest BCUT2D eigenvalue weighted by molar-refractivity contribution is -0.114. The largest absolute Gasteiger partial charge is 0.490 e. The van der Waals surface area contributed by atoms with E-state index in [4.69, 9.17) is 9.47 Å². The summed E-state index contributed by atoms with van der Waals surface area (Å²) in [5, 5.41) is 0. The number of hydrogen-bond donors (Lipinski definition) is 0. The minimum absolute atomic E-state index is 0.187. The Morgan fingerprint density at radius 3 is 2.61 bits per heavy atom. The van der Waals surface area contributed by atoms with E-state index in [1.165, 1.54) is 0 Å². The quantitative estimate of drug-likeness (QED) is 0.713. The Hall–Kier alpha value is -1.77. The van der Waals surface area contributed by atoms with Gasteiger partial charge in [-0.25, -0.2) is 0 Å². The molecule has 3 rings (SSSR count). The average molecular weight is 244 g/mol. The number of ether oxygens (including phenoxy) is 2. The monoisotopic (exact) mass is 244 g/mol. The number of carbonyl (C=O) groups excluding carboxylic acids is 1. The van der Waals surface area contributed by atoms with Crippen molar-refractivity contribution in [3.8, 4) is 11.5 Å². The van der Waals surface area contributed by atoms with Gasteiger partial charge in [0.05, 0.1) is 13.2 Å². The van der Waals surface area contributed by atoms with Crippen molar-refractivity contribution in [3.63, 3.8) is 0 Å². The Morgan fingerprint density at radius 1 is 1.11 bits per heavy atom. The first kappa shape index (κ1) is 11.3. The molecule has 0 radical (unpaired) electrons. The van der Waals surface area contributed by atoms with Gasteiger partial charge < -0.3 is 9.47 Å². The summed E-state index contributed by atoms with van der Waals surface area (Å²) in [5.74, 6) is 2.05. The summed E-state index contributed by atoms with van der Waals surface area (Å²) in [5.41, 5.74) is 1.89. The molecule has 1 aliphatic carbocycles. The van der Waals surface area contributed by atoms with E-state index in [2.05, 4.69) is 6.58 Å². The van der Waals surface area contributed by atoms with Crippen molar-refractivity contribution >= 4 is 5.78 Å². The second kappa shape index (κ2) is 4.48. The zero-order valence-corrected chi connectivity index (χ0v) is 10.3. The number of allylic oxidation sites excluding steroid dienone is 1. The zero-order valence-electron chi connectivity index (χ0n) is 10.3. The highest BCUT2D eigenvalue weighted by Gasteiger charge is 2.27. The standard InChI is InChI=1S/C15H16O3/c1-10-7-12(8-13(10)16)11-3-4-14-15(9-11)18-6-2-5-17-14/h3-4,9,12H,1-2,5-8H2. The van der Waals surface area contributed by atoms with E-state index in [1.807, 2.05) is 18.2 Å². The molecule has 94 valence electrons. The number of benzene rings is 1. The van der Waals surface area contributed by atoms with E-state index >= 15 is 0 Å². The molecule has 2 aliphatic rings. The van der Waals surface area contributed by atoms with Gasteiger partial charge in [-0.3, -0.25) is 4.79 Å². The fourth-order valence-corrected chi connectivity index (χ4v) is 2.52. The Bertz CT molecular complexity index is 488. The molecular formula is C15H16O3. The maximum atomic E-state index is 11.5. The number of carbonyl (C=O) groups is 1. The van der Waals surface area contributed by atoms with Crippen LogP contribution in [0, 0.1) is 0 Å². The fourth-order valence-electron chi connectivity index (χ4n) is 2.52. The molecule has 3 nitrogen and oxygen atoms in total. The molecule has 1 atom stereocenters. The fraction of sp³-hybridized carbons (Fsp3) is 0.400. The van der Waals surface area contributed by atoms with Crippen molar-refractivity contribution in [3.05, 3.63) is 35.9 Å². The molecule has 1 aliphatic heterocycles. The molecule has 0 N–H and O–H groups in total. The van der Waals surface area contributed by atoms with Crippen molar-refractivity contribution < 1.29 is 14.3 Å². The smallest absolute Gasteiger partial charge is 0.161 e. The first-order valence-corrected chi connectivity index (χ1v) is 6.34. The van der Waals surface area contributed by atoms with Crippen molar-refractivity contribution in [1.82, 2.24) is 0 Å². The summed E-state index contributed by atoms with van der Waals surface area (Å²) in [6.07, 6.45) is 2.24. The van der Waals surface area contributed by atoms with Gasteiger partial charge in [-0.15, -0.1) is 0 Å². The molecule has 0 spiro atoms. The minimum Gasteiger partial charge on any atom is -0.490 e. The predicted molar refractivity (Wildman–Crippen MR) is 68.2 cm³/mol. The van der Waals surface area contributed by atoms with Crippen LogP contribution >= 0.6 is 0 Å². The lowest BCUT2D eigenvalue weighted by Gasteiger charge is -2.12. The lowest BCUT2D eigenvalue weighted by atomic mass is 9.97. The summed E-state index contributed by atoms with van der Waals surface area (Å²) in [4.78, 5) is 11.5. The maximum absolute atomic E-state index is 11.5. The molecule has 1 aromatic carbocycles. The Kier molecular flexibility index (Phi) is 2.82. The van der Waals surface area contributed by atoms with Crippen LogP contribution in [0.3, 0.4) is 0 Å². The third-order valence-corrected chi connectivity index (χ3v) is 3.56. The van der Waals surface area contributed by atoms with Crippen LogP contribution in [0.25, 0.3) is 0 Å². The average Bonchev–Trinajstić information content (AvgIpc) is 2.60. The molecule has 0 bridgehead atoms. The van der Waals surface area contributed by atoms with E-state index < -0.39 is 0 Å². The predicted octanol–water partition coefficient (Wildman–Crippen LogP) is 2.85. The second-order valence-electron chi connectivity index (χ2n) is 4.89. The summed E-state index contributed by atoms with van der Waals surface area (Å²) in [6.45, 7) is 5.19. The molecular weight excluding hydrogens is 228 g/mol. The summed E-state index contributed by atoms with van der Waals surface area (Å²) < 4.78 is 11.3. The van der Waals surface area contributed by atoms with Crippen LogP contribution in [0.5, 0.6) is 11.5 Å². The van der Waals surface area contributed by atoms with Gasteiger partial charge >= 0.3 is 0 Å². The molecule has 18 heavy (non-hydrogen) atoms. The van der Waals surface area contributed by atoms with Gasteiger partial charge in [0.1, 0.15) is 0 Å². The molecule has 0 amide bonds. The number of fused-ring (bicyclic) bond motifs is 1. The highest BCUT2D eigenvalue weighted by atomic mass is 16.5. The van der Waals surface area contributed by atoms with E-state index in [0.29, 0.717) is 19.6 Å². The maximum Gasteiger partial charge on any atom is 0.161 e. The van der Waals surface area contributed by atoms with Crippen molar-refractivity contribution in [2.24, 2.45) is 0 Å². The Labute approximate surface area is 106 Å². The highest BCUT2D eigenvalue weighted by Crippen LogP contribution is 2.39. The van der Waals surface area contributed by atoms with E-state index in [1.54, 1.807) is 0 Å². The van der Waals surface area contributed by atoms with Gasteiger partial charge in [-0.1, -0.05) is 12.6 Å². The SMILES string of the molecule is C=C1CC(c2ccc3c(c2)OCCCO3)CC1=O. The normalized spacial score (nSPS) is 23.0.